The maximum Gasteiger partial charge on any atom is 0.407 e. The van der Waals surface area contributed by atoms with Gasteiger partial charge in [-0.3, -0.25) is 4.98 Å². The first kappa shape index (κ1) is 17.1. The number of rotatable bonds is 4. The molecular formula is C18H23FN4O2. The number of amides is 1. The zero-order chi connectivity index (χ0) is 17.8. The third kappa shape index (κ3) is 4.23. The number of nitrogens with one attached hydrogen (secondary N) is 1. The van der Waals surface area contributed by atoms with Crippen molar-refractivity contribution in [3.8, 4) is 11.3 Å². The lowest BCUT2D eigenvalue weighted by Gasteiger charge is -2.18. The second kappa shape index (κ2) is 7.46. The van der Waals surface area contributed by atoms with Gasteiger partial charge in [-0.05, 0) is 32.4 Å². The first-order valence-corrected chi connectivity index (χ1v) is 8.32. The lowest BCUT2D eigenvalue weighted by molar-refractivity contribution is 0.113. The van der Waals surface area contributed by atoms with Gasteiger partial charge in [0.2, 0.25) is 0 Å². The fourth-order valence-electron chi connectivity index (χ4n) is 2.81. The third-order valence-corrected chi connectivity index (χ3v) is 3.95. The number of anilines is 1. The van der Waals surface area contributed by atoms with Crippen LogP contribution in [0.3, 0.4) is 0 Å². The molecule has 1 amide bonds. The minimum Gasteiger partial charge on any atom is -0.447 e. The molecule has 1 aromatic heterocycles. The zero-order valence-corrected chi connectivity index (χ0v) is 14.3. The first-order chi connectivity index (χ1) is 12.0. The standard InChI is InChI=1S/C18H21FN4O2.H2/c1-12(2)25-18(24)21-13-7-8-23(11-13)17-10-20-9-16(22-17)14-5-3-4-6-15(14)19;/h3-6,9-10,12-13H,7-8,11H2,1-2H3,(H,21,24);1H/t13-;/m1./s1. The molecule has 134 valence electrons. The summed E-state index contributed by atoms with van der Waals surface area (Å²) in [4.78, 5) is 22.4. The average Bonchev–Trinajstić information content (AvgIpc) is 3.03. The van der Waals surface area contributed by atoms with Gasteiger partial charge in [0, 0.05) is 20.1 Å². The van der Waals surface area contributed by atoms with Gasteiger partial charge in [0.25, 0.3) is 0 Å². The maximum absolute atomic E-state index is 14.0. The molecule has 7 heteroatoms. The lowest BCUT2D eigenvalue weighted by Crippen LogP contribution is -2.38. The average molecular weight is 346 g/mol. The van der Waals surface area contributed by atoms with E-state index in [4.69, 9.17) is 4.74 Å². The minimum atomic E-state index is -0.409. The highest BCUT2D eigenvalue weighted by molar-refractivity contribution is 5.68. The Labute approximate surface area is 147 Å². The largest absolute Gasteiger partial charge is 0.447 e. The van der Waals surface area contributed by atoms with Crippen molar-refractivity contribution in [3.05, 3.63) is 42.5 Å². The van der Waals surface area contributed by atoms with Gasteiger partial charge in [-0.15, -0.1) is 0 Å². The molecule has 1 fully saturated rings. The summed E-state index contributed by atoms with van der Waals surface area (Å²) in [6, 6.07) is 6.48. The summed E-state index contributed by atoms with van der Waals surface area (Å²) in [5, 5.41) is 2.85. The number of carbonyl (C=O) groups is 1. The number of hydrogen-bond acceptors (Lipinski definition) is 5. The molecule has 6 nitrogen and oxygen atoms in total. The number of benzene rings is 1. The van der Waals surface area contributed by atoms with Crippen LogP contribution in [0.4, 0.5) is 15.0 Å². The summed E-state index contributed by atoms with van der Waals surface area (Å²) in [6.45, 7) is 4.97. The van der Waals surface area contributed by atoms with Crippen LogP contribution in [0.25, 0.3) is 11.3 Å². The Morgan fingerprint density at radius 1 is 1.40 bits per heavy atom. The van der Waals surface area contributed by atoms with Crippen LogP contribution in [0.15, 0.2) is 36.7 Å². The molecule has 1 N–H and O–H groups in total. The molecule has 0 aliphatic carbocycles. The Bertz CT molecular complexity index is 759. The molecule has 0 bridgehead atoms. The SMILES string of the molecule is CC(C)OC(=O)N[C@@H]1CCN(c2cncc(-c3ccccc3F)n2)C1.[HH]. The summed E-state index contributed by atoms with van der Waals surface area (Å²) in [5.41, 5.74) is 0.914. The van der Waals surface area contributed by atoms with Crippen molar-refractivity contribution in [2.75, 3.05) is 18.0 Å². The second-order valence-corrected chi connectivity index (χ2v) is 6.27. The van der Waals surface area contributed by atoms with E-state index in [0.717, 1.165) is 13.0 Å². The van der Waals surface area contributed by atoms with E-state index in [1.54, 1.807) is 30.6 Å². The predicted molar refractivity (Wildman–Crippen MR) is 94.9 cm³/mol. The van der Waals surface area contributed by atoms with Gasteiger partial charge in [-0.25, -0.2) is 14.2 Å². The molecular weight excluding hydrogens is 323 g/mol. The fraction of sp³-hybridized carbons (Fsp3) is 0.389. The van der Waals surface area contributed by atoms with Crippen molar-refractivity contribution in [3.63, 3.8) is 0 Å². The number of hydrogen-bond donors (Lipinski definition) is 1. The Morgan fingerprint density at radius 2 is 2.20 bits per heavy atom. The molecule has 1 atom stereocenters. The van der Waals surface area contributed by atoms with Crippen molar-refractivity contribution in [2.24, 2.45) is 0 Å². The number of carbonyl (C=O) groups excluding carboxylic acids is 1. The number of nitrogens with zero attached hydrogens (tertiary/aromatic N) is 3. The van der Waals surface area contributed by atoms with E-state index in [1.807, 2.05) is 18.7 Å². The molecule has 1 saturated heterocycles. The quantitative estimate of drug-likeness (QED) is 0.920. The summed E-state index contributed by atoms with van der Waals surface area (Å²) >= 11 is 0. The Kier molecular flexibility index (Phi) is 5.11. The Morgan fingerprint density at radius 3 is 2.96 bits per heavy atom. The highest BCUT2D eigenvalue weighted by atomic mass is 19.1. The van der Waals surface area contributed by atoms with Gasteiger partial charge in [-0.1, -0.05) is 12.1 Å². The van der Waals surface area contributed by atoms with Crippen LogP contribution >= 0.6 is 0 Å². The highest BCUT2D eigenvalue weighted by Crippen LogP contribution is 2.24. The van der Waals surface area contributed by atoms with E-state index in [1.165, 1.54) is 6.07 Å². The topological polar surface area (TPSA) is 67.3 Å². The third-order valence-electron chi connectivity index (χ3n) is 3.95. The van der Waals surface area contributed by atoms with Gasteiger partial charge < -0.3 is 15.0 Å². The van der Waals surface area contributed by atoms with Crippen LogP contribution in [0.5, 0.6) is 0 Å². The van der Waals surface area contributed by atoms with Gasteiger partial charge in [0.15, 0.2) is 0 Å². The van der Waals surface area contributed by atoms with Gasteiger partial charge >= 0.3 is 6.09 Å². The smallest absolute Gasteiger partial charge is 0.407 e. The number of aromatic nitrogens is 2. The molecule has 0 radical (unpaired) electrons. The van der Waals surface area contributed by atoms with E-state index in [9.17, 15) is 9.18 Å². The van der Waals surface area contributed by atoms with E-state index < -0.39 is 6.09 Å². The highest BCUT2D eigenvalue weighted by Gasteiger charge is 2.26. The lowest BCUT2D eigenvalue weighted by atomic mass is 10.1. The number of halogens is 1. The van der Waals surface area contributed by atoms with Crippen LogP contribution in [-0.2, 0) is 4.74 Å². The molecule has 25 heavy (non-hydrogen) atoms. The molecule has 0 unspecified atom stereocenters. The van der Waals surface area contributed by atoms with Crippen LogP contribution < -0.4 is 10.2 Å². The van der Waals surface area contributed by atoms with Crippen LogP contribution in [-0.4, -0.2) is 41.3 Å². The molecule has 0 spiro atoms. The van der Waals surface area contributed by atoms with Crippen molar-refractivity contribution in [2.45, 2.75) is 32.4 Å². The monoisotopic (exact) mass is 346 g/mol. The first-order valence-electron chi connectivity index (χ1n) is 8.32. The van der Waals surface area contributed by atoms with E-state index >= 15 is 0 Å². The van der Waals surface area contributed by atoms with Gasteiger partial charge in [0.05, 0.1) is 30.2 Å². The van der Waals surface area contributed by atoms with Crippen molar-refractivity contribution in [1.29, 1.82) is 0 Å². The fourth-order valence-corrected chi connectivity index (χ4v) is 2.81. The predicted octanol–water partition coefficient (Wildman–Crippen LogP) is 3.24. The van der Waals surface area contributed by atoms with Crippen LogP contribution in [0.2, 0.25) is 0 Å². The van der Waals surface area contributed by atoms with Crippen LogP contribution in [0.1, 0.15) is 21.7 Å². The van der Waals surface area contributed by atoms with E-state index in [-0.39, 0.29) is 19.4 Å². The van der Waals surface area contributed by atoms with E-state index in [0.29, 0.717) is 23.6 Å². The molecule has 0 saturated carbocycles. The van der Waals surface area contributed by atoms with Crippen molar-refractivity contribution < 1.29 is 15.3 Å². The van der Waals surface area contributed by atoms with Crippen molar-refractivity contribution in [1.82, 2.24) is 15.3 Å². The maximum atomic E-state index is 14.0. The van der Waals surface area contributed by atoms with Gasteiger partial charge in [-0.2, -0.15) is 0 Å². The molecule has 3 rings (SSSR count). The molecule has 1 aliphatic heterocycles. The van der Waals surface area contributed by atoms with Crippen molar-refractivity contribution >= 4 is 11.9 Å². The zero-order valence-electron chi connectivity index (χ0n) is 14.3. The number of ether oxygens (including phenoxy) is 1. The van der Waals surface area contributed by atoms with Crippen LogP contribution in [0, 0.1) is 5.82 Å². The Balaban J connectivity index is 0.00000243. The molecule has 1 aromatic carbocycles. The van der Waals surface area contributed by atoms with E-state index in [2.05, 4.69) is 15.3 Å². The minimum absolute atomic E-state index is 0. The molecule has 2 heterocycles. The summed E-state index contributed by atoms with van der Waals surface area (Å²) in [5.74, 6) is 0.341. The number of alkyl carbamates (subject to hydrolysis) is 1. The Hall–Kier alpha value is -2.70. The molecule has 2 aromatic rings. The second-order valence-electron chi connectivity index (χ2n) is 6.27. The summed E-state index contributed by atoms with van der Waals surface area (Å²) < 4.78 is 19.1. The normalized spacial score (nSPS) is 17.0. The van der Waals surface area contributed by atoms with Gasteiger partial charge in [0.1, 0.15) is 11.6 Å². The summed E-state index contributed by atoms with van der Waals surface area (Å²) in [7, 11) is 0. The summed E-state index contributed by atoms with van der Waals surface area (Å²) in [6.07, 6.45) is 3.43. The molecule has 1 aliphatic rings.